The maximum absolute atomic E-state index is 10.2. The molecule has 7 heteroatoms. The van der Waals surface area contributed by atoms with Crippen molar-refractivity contribution in [1.29, 1.82) is 0 Å². The van der Waals surface area contributed by atoms with Crippen molar-refractivity contribution in [2.75, 3.05) is 32.9 Å². The minimum atomic E-state index is -0.780. The van der Waals surface area contributed by atoms with Gasteiger partial charge in [0, 0.05) is 19.8 Å². The Bertz CT molecular complexity index is 214. The fraction of sp³-hybridized carbons (Fsp3) is 0.778. The summed E-state index contributed by atoms with van der Waals surface area (Å²) in [5, 5.41) is 6.41. The van der Waals surface area contributed by atoms with Gasteiger partial charge < -0.3 is 25.8 Å². The Morgan fingerprint density at radius 3 is 2.62 bits per heavy atom. The van der Waals surface area contributed by atoms with E-state index in [0.29, 0.717) is 11.7 Å². The van der Waals surface area contributed by atoms with Crippen LogP contribution in [0.4, 0.5) is 4.79 Å². The number of thiocarbonyl (C=S) groups is 1. The van der Waals surface area contributed by atoms with E-state index in [2.05, 4.69) is 15.4 Å². The number of carbonyl (C=O) groups excluding carboxylic acids is 1. The third-order valence-electron chi connectivity index (χ3n) is 1.59. The highest BCUT2D eigenvalue weighted by molar-refractivity contribution is 7.80. The summed E-state index contributed by atoms with van der Waals surface area (Å²) < 4.78 is 9.68. The van der Waals surface area contributed by atoms with Crippen molar-refractivity contribution in [3.63, 3.8) is 0 Å². The van der Waals surface area contributed by atoms with Crippen molar-refractivity contribution in [3.8, 4) is 0 Å². The molecule has 4 N–H and O–H groups in total. The first-order chi connectivity index (χ1) is 7.66. The Balaban J connectivity index is 3.21. The molecule has 0 fully saturated rings. The second-order valence-electron chi connectivity index (χ2n) is 2.90. The Kier molecular flexibility index (Phi) is 9.73. The van der Waals surface area contributed by atoms with E-state index in [1.807, 2.05) is 6.92 Å². The van der Waals surface area contributed by atoms with Crippen molar-refractivity contribution in [1.82, 2.24) is 10.6 Å². The molecule has 0 aromatic carbocycles. The van der Waals surface area contributed by atoms with Crippen LogP contribution in [0.25, 0.3) is 0 Å². The zero-order valence-corrected chi connectivity index (χ0v) is 10.3. The van der Waals surface area contributed by atoms with Gasteiger partial charge in [-0.05, 0) is 25.6 Å². The number of hydrogen-bond donors (Lipinski definition) is 3. The molecular formula is C9H19N3O3S. The first-order valence-corrected chi connectivity index (χ1v) is 5.59. The molecule has 0 rings (SSSR count). The Morgan fingerprint density at radius 1 is 1.31 bits per heavy atom. The number of nitrogens with one attached hydrogen (secondary N) is 2. The molecule has 94 valence electrons. The van der Waals surface area contributed by atoms with Crippen LogP contribution >= 0.6 is 12.2 Å². The molecule has 0 atom stereocenters. The average Bonchev–Trinajstić information content (AvgIpc) is 2.24. The number of primary amides is 1. The predicted molar refractivity (Wildman–Crippen MR) is 65.2 cm³/mol. The van der Waals surface area contributed by atoms with E-state index in [4.69, 9.17) is 22.7 Å². The van der Waals surface area contributed by atoms with E-state index in [9.17, 15) is 4.79 Å². The summed E-state index contributed by atoms with van der Waals surface area (Å²) >= 11 is 4.98. The van der Waals surface area contributed by atoms with E-state index in [1.165, 1.54) is 0 Å². The molecule has 0 bridgehead atoms. The van der Waals surface area contributed by atoms with Crippen molar-refractivity contribution in [2.24, 2.45) is 5.73 Å². The molecule has 0 unspecified atom stereocenters. The van der Waals surface area contributed by atoms with Gasteiger partial charge >= 0.3 is 6.09 Å². The quantitative estimate of drug-likeness (QED) is 0.414. The zero-order chi connectivity index (χ0) is 12.2. The molecule has 0 heterocycles. The summed E-state index contributed by atoms with van der Waals surface area (Å²) in [7, 11) is 0. The number of ether oxygens (including phenoxy) is 2. The maximum atomic E-state index is 10.2. The number of carbonyl (C=O) groups is 1. The van der Waals surface area contributed by atoms with Crippen LogP contribution in [-0.2, 0) is 9.47 Å². The second kappa shape index (κ2) is 10.4. The molecule has 0 saturated carbocycles. The zero-order valence-electron chi connectivity index (χ0n) is 9.45. The van der Waals surface area contributed by atoms with Gasteiger partial charge in [0.15, 0.2) is 5.11 Å². The lowest BCUT2D eigenvalue weighted by molar-refractivity contribution is 0.145. The van der Waals surface area contributed by atoms with E-state index < -0.39 is 6.09 Å². The first-order valence-electron chi connectivity index (χ1n) is 5.18. The normalized spacial score (nSPS) is 9.56. The third-order valence-corrected chi connectivity index (χ3v) is 1.88. The van der Waals surface area contributed by atoms with E-state index >= 15 is 0 Å². The highest BCUT2D eigenvalue weighted by atomic mass is 32.1. The van der Waals surface area contributed by atoms with Gasteiger partial charge in [0.05, 0.1) is 6.54 Å². The first kappa shape index (κ1) is 14.9. The van der Waals surface area contributed by atoms with Crippen LogP contribution < -0.4 is 16.4 Å². The summed E-state index contributed by atoms with van der Waals surface area (Å²) in [6.07, 6.45) is 0.116. The highest BCUT2D eigenvalue weighted by Gasteiger charge is 1.96. The van der Waals surface area contributed by atoms with Crippen molar-refractivity contribution >= 4 is 23.4 Å². The average molecular weight is 249 g/mol. The molecule has 0 aliphatic rings. The molecular weight excluding hydrogens is 230 g/mol. The monoisotopic (exact) mass is 249 g/mol. The number of nitrogens with two attached hydrogens (primary N) is 1. The summed E-state index contributed by atoms with van der Waals surface area (Å²) in [5.41, 5.74) is 4.78. The number of rotatable bonds is 8. The minimum absolute atomic E-state index is 0.204. The van der Waals surface area contributed by atoms with Gasteiger partial charge in [0.1, 0.15) is 6.61 Å². The molecule has 16 heavy (non-hydrogen) atoms. The van der Waals surface area contributed by atoms with Gasteiger partial charge in [0.25, 0.3) is 0 Å². The molecule has 0 aliphatic carbocycles. The SMILES string of the molecule is CCOCCCNC(=S)NCCOC(N)=O. The molecule has 0 aromatic heterocycles. The number of hydrogen-bond acceptors (Lipinski definition) is 4. The van der Waals surface area contributed by atoms with Crippen LogP contribution in [-0.4, -0.2) is 44.1 Å². The Morgan fingerprint density at radius 2 is 2.00 bits per heavy atom. The molecule has 1 amide bonds. The highest BCUT2D eigenvalue weighted by Crippen LogP contribution is 1.80. The fourth-order valence-corrected chi connectivity index (χ4v) is 1.10. The van der Waals surface area contributed by atoms with Crippen LogP contribution in [0.5, 0.6) is 0 Å². The largest absolute Gasteiger partial charge is 0.448 e. The van der Waals surface area contributed by atoms with Gasteiger partial charge in [-0.1, -0.05) is 0 Å². The molecule has 0 saturated heterocycles. The van der Waals surface area contributed by atoms with Gasteiger partial charge in [-0.25, -0.2) is 4.79 Å². The third kappa shape index (κ3) is 11.0. The summed E-state index contributed by atoms with van der Waals surface area (Å²) in [5.74, 6) is 0. The Labute approximate surface area is 101 Å². The lowest BCUT2D eigenvalue weighted by Gasteiger charge is -2.10. The maximum Gasteiger partial charge on any atom is 0.404 e. The second-order valence-corrected chi connectivity index (χ2v) is 3.31. The molecule has 0 radical (unpaired) electrons. The van der Waals surface area contributed by atoms with Crippen LogP contribution in [0, 0.1) is 0 Å². The molecule has 0 aromatic rings. The van der Waals surface area contributed by atoms with Gasteiger partial charge in [-0.2, -0.15) is 0 Å². The van der Waals surface area contributed by atoms with Crippen LogP contribution in [0.15, 0.2) is 0 Å². The van der Waals surface area contributed by atoms with Crippen LogP contribution in [0.2, 0.25) is 0 Å². The lowest BCUT2D eigenvalue weighted by Crippen LogP contribution is -2.38. The van der Waals surface area contributed by atoms with Crippen LogP contribution in [0.1, 0.15) is 13.3 Å². The molecule has 0 aliphatic heterocycles. The summed E-state index contributed by atoms with van der Waals surface area (Å²) in [6.45, 7) is 4.81. The van der Waals surface area contributed by atoms with Crippen molar-refractivity contribution in [3.05, 3.63) is 0 Å². The smallest absolute Gasteiger partial charge is 0.404 e. The minimum Gasteiger partial charge on any atom is -0.448 e. The molecule has 0 spiro atoms. The lowest BCUT2D eigenvalue weighted by atomic mass is 10.4. The van der Waals surface area contributed by atoms with E-state index in [1.54, 1.807) is 0 Å². The summed E-state index contributed by atoms with van der Waals surface area (Å²) in [4.78, 5) is 10.2. The van der Waals surface area contributed by atoms with Gasteiger partial charge in [-0.3, -0.25) is 0 Å². The van der Waals surface area contributed by atoms with E-state index in [0.717, 1.165) is 26.2 Å². The number of amides is 1. The topological polar surface area (TPSA) is 85.6 Å². The fourth-order valence-electron chi connectivity index (χ4n) is 0.899. The standard InChI is InChI=1S/C9H19N3O3S/c1-2-14-6-3-4-11-9(16)12-5-7-15-8(10)13/h2-7H2,1H3,(H2,10,13)(H2,11,12,16). The van der Waals surface area contributed by atoms with Crippen LogP contribution in [0.3, 0.4) is 0 Å². The predicted octanol–water partition coefficient (Wildman–Crippen LogP) is -0.0276. The summed E-state index contributed by atoms with van der Waals surface area (Å²) in [6, 6.07) is 0. The van der Waals surface area contributed by atoms with E-state index in [-0.39, 0.29) is 6.61 Å². The van der Waals surface area contributed by atoms with Crippen molar-refractivity contribution in [2.45, 2.75) is 13.3 Å². The van der Waals surface area contributed by atoms with Gasteiger partial charge in [0.2, 0.25) is 0 Å². The molecule has 6 nitrogen and oxygen atoms in total. The van der Waals surface area contributed by atoms with Crippen molar-refractivity contribution < 1.29 is 14.3 Å². The Hall–Kier alpha value is -1.08. The van der Waals surface area contributed by atoms with Gasteiger partial charge in [-0.15, -0.1) is 0 Å².